The number of fused-ring (bicyclic) bond motifs is 1. The molecule has 0 amide bonds. The van der Waals surface area contributed by atoms with Crippen LogP contribution in [0, 0.1) is 5.82 Å². The van der Waals surface area contributed by atoms with Crippen molar-refractivity contribution in [2.24, 2.45) is 0 Å². The fourth-order valence-corrected chi connectivity index (χ4v) is 3.18. The first-order valence-corrected chi connectivity index (χ1v) is 7.64. The van der Waals surface area contributed by atoms with Crippen molar-refractivity contribution in [2.45, 2.75) is 18.0 Å². The lowest BCUT2D eigenvalue weighted by molar-refractivity contribution is 0.134. The molecule has 1 aliphatic heterocycles. The highest BCUT2D eigenvalue weighted by molar-refractivity contribution is 9.10. The maximum Gasteiger partial charge on any atom is 0.137 e. The second-order valence-electron chi connectivity index (χ2n) is 4.56. The van der Waals surface area contributed by atoms with Gasteiger partial charge < -0.3 is 4.74 Å². The molecule has 1 nitrogen and oxygen atoms in total. The normalized spacial score (nSPS) is 15.3. The Hall–Kier alpha value is -0.710. The fourth-order valence-electron chi connectivity index (χ4n) is 2.21. The summed E-state index contributed by atoms with van der Waals surface area (Å²) in [5.41, 5.74) is 4.67. The van der Waals surface area contributed by atoms with E-state index in [1.807, 2.05) is 0 Å². The lowest BCUT2D eigenvalue weighted by Gasteiger charge is -2.12. The molecule has 1 unspecified atom stereocenters. The molecule has 1 aliphatic rings. The summed E-state index contributed by atoms with van der Waals surface area (Å²) >= 11 is 6.90. The van der Waals surface area contributed by atoms with Crippen molar-refractivity contribution < 1.29 is 9.13 Å². The standard InChI is InChI=1S/C15H11Br2FO/c16-13-6-10(3-4-14(13)18)15(17)9-1-2-11-7-19-8-12(11)5-9/h1-6,15H,7-8H2. The van der Waals surface area contributed by atoms with Crippen LogP contribution in [0.5, 0.6) is 0 Å². The maximum atomic E-state index is 13.3. The molecule has 0 bridgehead atoms. The Labute approximate surface area is 128 Å². The number of halogens is 3. The minimum absolute atomic E-state index is 0.0512. The van der Waals surface area contributed by atoms with Crippen molar-refractivity contribution >= 4 is 31.9 Å². The van der Waals surface area contributed by atoms with Crippen molar-refractivity contribution in [3.05, 3.63) is 68.9 Å². The molecule has 3 rings (SSSR count). The molecule has 0 fully saturated rings. The van der Waals surface area contributed by atoms with Crippen LogP contribution in [0.25, 0.3) is 0 Å². The molecular weight excluding hydrogens is 375 g/mol. The predicted molar refractivity (Wildman–Crippen MR) is 79.8 cm³/mol. The van der Waals surface area contributed by atoms with Gasteiger partial charge in [-0.15, -0.1) is 0 Å². The van der Waals surface area contributed by atoms with E-state index in [1.165, 1.54) is 17.2 Å². The van der Waals surface area contributed by atoms with Crippen molar-refractivity contribution in [3.63, 3.8) is 0 Å². The molecule has 19 heavy (non-hydrogen) atoms. The first-order chi connectivity index (χ1) is 9.15. The van der Waals surface area contributed by atoms with E-state index in [9.17, 15) is 4.39 Å². The van der Waals surface area contributed by atoms with Crippen LogP contribution in [-0.4, -0.2) is 0 Å². The van der Waals surface area contributed by atoms with E-state index < -0.39 is 0 Å². The highest BCUT2D eigenvalue weighted by Crippen LogP contribution is 2.34. The van der Waals surface area contributed by atoms with Gasteiger partial charge in [-0.25, -0.2) is 4.39 Å². The summed E-state index contributed by atoms with van der Waals surface area (Å²) in [6.07, 6.45) is 0. The Morgan fingerprint density at radius 2 is 1.68 bits per heavy atom. The molecule has 0 radical (unpaired) electrons. The number of benzene rings is 2. The van der Waals surface area contributed by atoms with Crippen molar-refractivity contribution in [3.8, 4) is 0 Å². The summed E-state index contributed by atoms with van der Waals surface area (Å²) < 4.78 is 19.2. The average Bonchev–Trinajstić information content (AvgIpc) is 2.88. The van der Waals surface area contributed by atoms with Gasteiger partial charge in [-0.1, -0.05) is 40.2 Å². The molecule has 0 saturated carbocycles. The van der Waals surface area contributed by atoms with E-state index in [4.69, 9.17) is 4.74 Å². The van der Waals surface area contributed by atoms with E-state index >= 15 is 0 Å². The molecule has 2 aromatic rings. The zero-order valence-corrected chi connectivity index (χ0v) is 13.2. The lowest BCUT2D eigenvalue weighted by atomic mass is 10.0. The van der Waals surface area contributed by atoms with Crippen LogP contribution in [0.4, 0.5) is 4.39 Å². The largest absolute Gasteiger partial charge is 0.372 e. The van der Waals surface area contributed by atoms with Gasteiger partial charge in [0.25, 0.3) is 0 Å². The van der Waals surface area contributed by atoms with Crippen LogP contribution in [0.1, 0.15) is 27.1 Å². The minimum Gasteiger partial charge on any atom is -0.372 e. The number of ether oxygens (including phenoxy) is 1. The molecule has 4 heteroatoms. The highest BCUT2D eigenvalue weighted by atomic mass is 79.9. The zero-order chi connectivity index (χ0) is 13.4. The third kappa shape index (κ3) is 2.62. The third-order valence-electron chi connectivity index (χ3n) is 3.27. The Morgan fingerprint density at radius 1 is 1.00 bits per heavy atom. The van der Waals surface area contributed by atoms with Crippen molar-refractivity contribution in [1.82, 2.24) is 0 Å². The third-order valence-corrected chi connectivity index (χ3v) is 4.94. The molecule has 1 atom stereocenters. The second kappa shape index (κ2) is 5.35. The summed E-state index contributed by atoms with van der Waals surface area (Å²) in [6, 6.07) is 11.4. The molecule has 2 aromatic carbocycles. The maximum absolute atomic E-state index is 13.3. The lowest BCUT2D eigenvalue weighted by Crippen LogP contribution is -1.95. The SMILES string of the molecule is Fc1ccc(C(Br)c2ccc3c(c2)COC3)cc1Br. The first kappa shape index (κ1) is 13.3. The van der Waals surface area contributed by atoms with E-state index in [1.54, 1.807) is 12.1 Å². The molecule has 98 valence electrons. The molecular formula is C15H11Br2FO. The van der Waals surface area contributed by atoms with E-state index in [0.717, 1.165) is 11.1 Å². The van der Waals surface area contributed by atoms with Gasteiger partial charge in [0.1, 0.15) is 5.82 Å². The minimum atomic E-state index is -0.245. The van der Waals surface area contributed by atoms with Crippen molar-refractivity contribution in [1.29, 1.82) is 0 Å². The quantitative estimate of drug-likeness (QED) is 0.653. The summed E-state index contributed by atoms with van der Waals surface area (Å²) in [4.78, 5) is 0.0512. The Bertz CT molecular complexity index is 628. The van der Waals surface area contributed by atoms with Gasteiger partial charge in [-0.2, -0.15) is 0 Å². The van der Waals surface area contributed by atoms with Gasteiger partial charge in [-0.3, -0.25) is 0 Å². The van der Waals surface area contributed by atoms with Gasteiger partial charge in [-0.05, 0) is 50.3 Å². The predicted octanol–water partition coefficient (Wildman–Crippen LogP) is 5.10. The smallest absolute Gasteiger partial charge is 0.137 e. The summed E-state index contributed by atoms with van der Waals surface area (Å²) in [5.74, 6) is -0.245. The van der Waals surface area contributed by atoms with Gasteiger partial charge in [0, 0.05) is 0 Å². The Balaban J connectivity index is 1.94. The summed E-state index contributed by atoms with van der Waals surface area (Å²) in [5, 5.41) is 0. The number of hydrogen-bond donors (Lipinski definition) is 0. The average molecular weight is 386 g/mol. The van der Waals surface area contributed by atoms with Crippen molar-refractivity contribution in [2.75, 3.05) is 0 Å². The molecule has 0 saturated heterocycles. The van der Waals surface area contributed by atoms with Crippen LogP contribution >= 0.6 is 31.9 Å². The van der Waals surface area contributed by atoms with E-state index in [-0.39, 0.29) is 10.6 Å². The fraction of sp³-hybridized carbons (Fsp3) is 0.200. The number of alkyl halides is 1. The van der Waals surface area contributed by atoms with Crippen LogP contribution in [0.15, 0.2) is 40.9 Å². The first-order valence-electron chi connectivity index (χ1n) is 5.93. The Morgan fingerprint density at radius 3 is 2.47 bits per heavy atom. The molecule has 0 N–H and O–H groups in total. The van der Waals surface area contributed by atoms with Crippen LogP contribution in [0.2, 0.25) is 0 Å². The number of rotatable bonds is 2. The summed E-state index contributed by atoms with van der Waals surface area (Å²) in [7, 11) is 0. The molecule has 1 heterocycles. The van der Waals surface area contributed by atoms with Crippen LogP contribution in [0.3, 0.4) is 0 Å². The van der Waals surface area contributed by atoms with Gasteiger partial charge >= 0.3 is 0 Å². The van der Waals surface area contributed by atoms with Gasteiger partial charge in [0.2, 0.25) is 0 Å². The summed E-state index contributed by atoms with van der Waals surface area (Å²) in [6.45, 7) is 1.38. The van der Waals surface area contributed by atoms with E-state index in [0.29, 0.717) is 17.7 Å². The molecule has 0 spiro atoms. The number of hydrogen-bond acceptors (Lipinski definition) is 1. The Kier molecular flexibility index (Phi) is 3.74. The second-order valence-corrected chi connectivity index (χ2v) is 6.33. The van der Waals surface area contributed by atoms with E-state index in [2.05, 4.69) is 50.1 Å². The molecule has 0 aromatic heterocycles. The topological polar surface area (TPSA) is 9.23 Å². The van der Waals surface area contributed by atoms with Crippen LogP contribution in [-0.2, 0) is 18.0 Å². The highest BCUT2D eigenvalue weighted by Gasteiger charge is 2.16. The van der Waals surface area contributed by atoms with Crippen LogP contribution < -0.4 is 0 Å². The van der Waals surface area contributed by atoms with Gasteiger partial charge in [0.05, 0.1) is 22.5 Å². The zero-order valence-electron chi connectivity index (χ0n) is 10.00. The van der Waals surface area contributed by atoms with Gasteiger partial charge in [0.15, 0.2) is 0 Å². The molecule has 0 aliphatic carbocycles. The monoisotopic (exact) mass is 384 g/mol.